The van der Waals surface area contributed by atoms with E-state index in [9.17, 15) is 0 Å². The molecule has 0 aliphatic heterocycles. The lowest BCUT2D eigenvalue weighted by Crippen LogP contribution is -2.05. The lowest BCUT2D eigenvalue weighted by molar-refractivity contribution is -0.00303. The van der Waals surface area contributed by atoms with Crippen LogP contribution in [0.15, 0.2) is 58.7 Å². The molecular formula is C14H12N4. The van der Waals surface area contributed by atoms with Crippen LogP contribution in [0.5, 0.6) is 0 Å². The van der Waals surface area contributed by atoms with Crippen molar-refractivity contribution < 1.29 is 9.58 Å². The van der Waals surface area contributed by atoms with Gasteiger partial charge in [-0.05, 0) is 49.3 Å². The largest absolute Gasteiger partial charge is 0.361 e. The Kier molecular flexibility index (Phi) is 3.16. The Bertz CT molecular complexity index is 598. The molecule has 88 valence electrons. The maximum Gasteiger partial charge on any atom is 0.318 e. The standard InChI is InChI=1S/C14H12N4/c1-9-7-11(3-5-13(9)17-15)12-4-6-14(18-16)10(2)8-12/h3-8H,1-2H3/b12-11+. The summed E-state index contributed by atoms with van der Waals surface area (Å²) in [6, 6.07) is 0. The summed E-state index contributed by atoms with van der Waals surface area (Å²) in [4.78, 5) is 6.40. The molecule has 0 aromatic heterocycles. The highest BCUT2D eigenvalue weighted by Crippen LogP contribution is 2.22. The highest BCUT2D eigenvalue weighted by molar-refractivity contribution is 6.07. The Hall–Kier alpha value is -2.54. The van der Waals surface area contributed by atoms with Gasteiger partial charge in [-0.2, -0.15) is 9.58 Å². The summed E-state index contributed by atoms with van der Waals surface area (Å²) in [6.07, 6.45) is 11.2. The van der Waals surface area contributed by atoms with Gasteiger partial charge in [0.2, 0.25) is 0 Å². The van der Waals surface area contributed by atoms with Crippen LogP contribution >= 0.6 is 0 Å². The molecule has 0 unspecified atom stereocenters. The molecule has 2 rings (SSSR count). The van der Waals surface area contributed by atoms with Gasteiger partial charge in [0.1, 0.15) is 0 Å². The van der Waals surface area contributed by atoms with Crippen molar-refractivity contribution in [1.29, 1.82) is 0 Å². The maximum atomic E-state index is 8.78. The predicted molar refractivity (Wildman–Crippen MR) is 70.1 cm³/mol. The van der Waals surface area contributed by atoms with Gasteiger partial charge in [0.15, 0.2) is 0 Å². The normalized spacial score (nSPS) is 22.3. The molecule has 0 fully saturated rings. The molecule has 0 saturated carbocycles. The van der Waals surface area contributed by atoms with Crippen molar-refractivity contribution in [3.63, 3.8) is 0 Å². The van der Waals surface area contributed by atoms with Crippen LogP contribution in [-0.4, -0.2) is 21.0 Å². The van der Waals surface area contributed by atoms with Crippen molar-refractivity contribution >= 4 is 11.4 Å². The first-order chi connectivity index (χ1) is 8.65. The first-order valence-corrected chi connectivity index (χ1v) is 5.57. The molecule has 0 aromatic rings. The van der Waals surface area contributed by atoms with E-state index in [-0.39, 0.29) is 0 Å². The molecule has 18 heavy (non-hydrogen) atoms. The lowest BCUT2D eigenvalue weighted by Gasteiger charge is -2.08. The number of nitrogens with zero attached hydrogens (tertiary/aromatic N) is 4. The third-order valence-corrected chi connectivity index (χ3v) is 2.94. The van der Waals surface area contributed by atoms with Crippen molar-refractivity contribution in [3.8, 4) is 0 Å². The monoisotopic (exact) mass is 236 g/mol. The van der Waals surface area contributed by atoms with E-state index < -0.39 is 0 Å². The van der Waals surface area contributed by atoms with Gasteiger partial charge in [-0.15, -0.1) is 0 Å². The molecule has 0 radical (unpaired) electrons. The minimum atomic E-state index is 0.567. The molecule has 2 aliphatic rings. The Morgan fingerprint density at radius 3 is 1.39 bits per heavy atom. The van der Waals surface area contributed by atoms with E-state index in [0.29, 0.717) is 11.4 Å². The minimum absolute atomic E-state index is 0.567. The van der Waals surface area contributed by atoms with Crippen molar-refractivity contribution in [1.82, 2.24) is 0 Å². The molecule has 0 amide bonds. The van der Waals surface area contributed by atoms with E-state index in [1.807, 2.05) is 38.2 Å². The topological polar surface area (TPSA) is 72.8 Å². The minimum Gasteiger partial charge on any atom is -0.361 e. The Labute approximate surface area is 105 Å². The van der Waals surface area contributed by atoms with Gasteiger partial charge in [0.05, 0.1) is 0 Å². The fourth-order valence-electron chi connectivity index (χ4n) is 1.89. The van der Waals surface area contributed by atoms with Gasteiger partial charge in [0.25, 0.3) is 0 Å². The van der Waals surface area contributed by atoms with Crippen LogP contribution < -0.4 is 0 Å². The van der Waals surface area contributed by atoms with Crippen LogP contribution in [0, 0.1) is 0 Å². The third-order valence-electron chi connectivity index (χ3n) is 2.94. The molecule has 0 spiro atoms. The van der Waals surface area contributed by atoms with Gasteiger partial charge in [-0.3, -0.25) is 0 Å². The molecule has 4 heteroatoms. The molecule has 4 nitrogen and oxygen atoms in total. The first-order valence-electron chi connectivity index (χ1n) is 5.57. The second-order valence-corrected chi connectivity index (χ2v) is 4.20. The van der Waals surface area contributed by atoms with Gasteiger partial charge in [-0.25, -0.2) is 0 Å². The van der Waals surface area contributed by atoms with Gasteiger partial charge >= 0.3 is 11.4 Å². The average molecular weight is 236 g/mol. The molecule has 2 aliphatic carbocycles. The van der Waals surface area contributed by atoms with E-state index in [2.05, 4.69) is 9.58 Å². The zero-order valence-electron chi connectivity index (χ0n) is 10.3. The summed E-state index contributed by atoms with van der Waals surface area (Å²) in [5, 5.41) is 0. The number of hydrogen-bond donors (Lipinski definition) is 0. The van der Waals surface area contributed by atoms with Crippen molar-refractivity contribution in [3.05, 3.63) is 69.8 Å². The summed E-state index contributed by atoms with van der Waals surface area (Å²) in [6.45, 7) is 3.78. The van der Waals surface area contributed by atoms with E-state index in [0.717, 1.165) is 22.3 Å². The summed E-state index contributed by atoms with van der Waals surface area (Å²) in [5.74, 6) is 0. The second-order valence-electron chi connectivity index (χ2n) is 4.20. The quantitative estimate of drug-likeness (QED) is 0.458. The van der Waals surface area contributed by atoms with Crippen LogP contribution in [0.1, 0.15) is 13.8 Å². The number of hydrogen-bond acceptors (Lipinski definition) is 0. The maximum absolute atomic E-state index is 8.78. The van der Waals surface area contributed by atoms with Crippen LogP contribution in [0.25, 0.3) is 11.1 Å². The van der Waals surface area contributed by atoms with Crippen LogP contribution in [0.2, 0.25) is 0 Å². The Balaban J connectivity index is 2.49. The van der Waals surface area contributed by atoms with Crippen molar-refractivity contribution in [2.45, 2.75) is 13.8 Å². The molecular weight excluding hydrogens is 224 g/mol. The first kappa shape index (κ1) is 11.9. The Morgan fingerprint density at radius 2 is 1.11 bits per heavy atom. The molecule has 0 N–H and O–H groups in total. The van der Waals surface area contributed by atoms with Crippen LogP contribution in [0.4, 0.5) is 0 Å². The fourth-order valence-corrected chi connectivity index (χ4v) is 1.89. The highest BCUT2D eigenvalue weighted by Gasteiger charge is 2.16. The molecule has 0 aromatic carbocycles. The number of allylic oxidation sites excluding steroid dienone is 10. The summed E-state index contributed by atoms with van der Waals surface area (Å²) in [7, 11) is 0. The molecule has 0 bridgehead atoms. The molecule has 0 atom stereocenters. The fraction of sp³-hybridized carbons (Fsp3) is 0.143. The highest BCUT2D eigenvalue weighted by atomic mass is 14.9. The second kappa shape index (κ2) is 4.76. The summed E-state index contributed by atoms with van der Waals surface area (Å²) >= 11 is 0. The van der Waals surface area contributed by atoms with E-state index in [1.165, 1.54) is 0 Å². The summed E-state index contributed by atoms with van der Waals surface area (Å²) < 4.78 is 0. The lowest BCUT2D eigenvalue weighted by atomic mass is 9.93. The number of rotatable bonds is 0. The van der Waals surface area contributed by atoms with Gasteiger partial charge < -0.3 is 11.1 Å². The average Bonchev–Trinajstić information content (AvgIpc) is 2.38. The predicted octanol–water partition coefficient (Wildman–Crippen LogP) is 2.66. The third kappa shape index (κ3) is 2.11. The molecule has 0 saturated heterocycles. The van der Waals surface area contributed by atoms with Crippen molar-refractivity contribution in [2.75, 3.05) is 0 Å². The molecule has 0 heterocycles. The van der Waals surface area contributed by atoms with Gasteiger partial charge in [-0.1, -0.05) is 0 Å². The van der Waals surface area contributed by atoms with Gasteiger partial charge in [0, 0.05) is 23.3 Å². The van der Waals surface area contributed by atoms with E-state index >= 15 is 0 Å². The van der Waals surface area contributed by atoms with E-state index in [4.69, 9.17) is 11.1 Å². The van der Waals surface area contributed by atoms with Crippen LogP contribution in [0.3, 0.4) is 0 Å². The van der Waals surface area contributed by atoms with Crippen LogP contribution in [-0.2, 0) is 0 Å². The van der Waals surface area contributed by atoms with E-state index in [1.54, 1.807) is 12.2 Å². The summed E-state index contributed by atoms with van der Waals surface area (Å²) in [5.41, 5.74) is 22.6. The SMILES string of the molecule is CC1=C/C(=C2\C=CC(=[N+]=[N-])C(C)=C2)C=CC1=[N+]=[N-]. The van der Waals surface area contributed by atoms with Crippen molar-refractivity contribution in [2.24, 2.45) is 0 Å². The zero-order chi connectivity index (χ0) is 13.1. The Morgan fingerprint density at radius 1 is 0.722 bits per heavy atom. The zero-order valence-corrected chi connectivity index (χ0v) is 10.3. The smallest absolute Gasteiger partial charge is 0.318 e.